The van der Waals surface area contributed by atoms with Gasteiger partial charge in [0.1, 0.15) is 0 Å². The molecule has 114 valence electrons. The van der Waals surface area contributed by atoms with Crippen molar-refractivity contribution in [3.8, 4) is 0 Å². The normalized spacial score (nSPS) is 12.1. The summed E-state index contributed by atoms with van der Waals surface area (Å²) in [6.07, 6.45) is 24.4. The lowest BCUT2D eigenvalue weighted by molar-refractivity contribution is -0.107. The molecule has 0 saturated heterocycles. The molecule has 20 heavy (non-hydrogen) atoms. The van der Waals surface area contributed by atoms with E-state index in [9.17, 15) is 4.79 Å². The molecule has 0 unspecified atom stereocenters. The van der Waals surface area contributed by atoms with Gasteiger partial charge in [-0.05, 0) is 30.5 Å². The summed E-state index contributed by atoms with van der Waals surface area (Å²) in [5, 5.41) is -0.437. The van der Waals surface area contributed by atoms with Crippen molar-refractivity contribution in [2.75, 3.05) is 0 Å². The van der Waals surface area contributed by atoms with Crippen LogP contribution in [0.3, 0.4) is 0 Å². The molecule has 0 fully saturated rings. The molecule has 0 amide bonds. The van der Waals surface area contributed by atoms with Gasteiger partial charge in [-0.3, -0.25) is 4.79 Å². The number of hydrogen-bond donors (Lipinski definition) is 0. The van der Waals surface area contributed by atoms with Crippen LogP contribution in [0.2, 0.25) is 0 Å². The topological polar surface area (TPSA) is 17.1 Å². The Morgan fingerprint density at radius 1 is 0.800 bits per heavy atom. The quantitative estimate of drug-likeness (QED) is 0.168. The molecule has 0 saturated carbocycles. The average Bonchev–Trinajstić information content (AvgIpc) is 2.43. The van der Waals surface area contributed by atoms with Gasteiger partial charge in [-0.2, -0.15) is 0 Å². The molecule has 0 radical (unpaired) electrons. The third kappa shape index (κ3) is 17.2. The highest BCUT2D eigenvalue weighted by molar-refractivity contribution is 6.66. The van der Waals surface area contributed by atoms with Crippen LogP contribution < -0.4 is 0 Å². The molecule has 0 atom stereocenters. The Bertz CT molecular complexity index is 303. The largest absolute Gasteiger partial charge is 0.276 e. The molecule has 0 aromatic heterocycles. The van der Waals surface area contributed by atoms with Crippen molar-refractivity contribution < 1.29 is 4.79 Å². The van der Waals surface area contributed by atoms with Gasteiger partial charge < -0.3 is 0 Å². The zero-order valence-electron chi connectivity index (χ0n) is 12.8. The van der Waals surface area contributed by atoms with Crippen LogP contribution in [-0.4, -0.2) is 5.24 Å². The van der Waals surface area contributed by atoms with Gasteiger partial charge in [0.2, 0.25) is 5.24 Å². The Kier molecular flexibility index (Phi) is 15.6. The van der Waals surface area contributed by atoms with Crippen LogP contribution >= 0.6 is 11.6 Å². The number of halogens is 1. The summed E-state index contributed by atoms with van der Waals surface area (Å²) in [6, 6.07) is 0. The first-order valence-corrected chi connectivity index (χ1v) is 8.34. The first-order chi connectivity index (χ1) is 9.77. The van der Waals surface area contributed by atoms with Gasteiger partial charge in [-0.1, -0.05) is 88.7 Å². The lowest BCUT2D eigenvalue weighted by Gasteiger charge is -2.00. The van der Waals surface area contributed by atoms with Gasteiger partial charge >= 0.3 is 0 Å². The minimum Gasteiger partial charge on any atom is -0.276 e. The van der Waals surface area contributed by atoms with Crippen molar-refractivity contribution in [2.24, 2.45) is 0 Å². The van der Waals surface area contributed by atoms with Crippen LogP contribution in [-0.2, 0) is 4.79 Å². The summed E-state index contributed by atoms with van der Waals surface area (Å²) < 4.78 is 0. The summed E-state index contributed by atoms with van der Waals surface area (Å²) in [4.78, 5) is 10.4. The van der Waals surface area contributed by atoms with Gasteiger partial charge in [0, 0.05) is 0 Å². The average molecular weight is 297 g/mol. The Labute approximate surface area is 129 Å². The third-order valence-electron chi connectivity index (χ3n) is 3.17. The van der Waals surface area contributed by atoms with E-state index in [2.05, 4.69) is 13.0 Å². The smallest absolute Gasteiger partial charge is 0.245 e. The highest BCUT2D eigenvalue weighted by atomic mass is 35.5. The van der Waals surface area contributed by atoms with Crippen LogP contribution in [0.15, 0.2) is 36.5 Å². The highest BCUT2D eigenvalue weighted by Gasteiger charge is 1.90. The third-order valence-corrected chi connectivity index (χ3v) is 3.30. The van der Waals surface area contributed by atoms with Crippen LogP contribution in [0.5, 0.6) is 0 Å². The van der Waals surface area contributed by atoms with Gasteiger partial charge in [-0.15, -0.1) is 0 Å². The molecule has 0 aliphatic carbocycles. The summed E-state index contributed by atoms with van der Waals surface area (Å²) in [6.45, 7) is 2.26. The standard InChI is InChI=1S/C18H29ClO/c1-2-3-4-5-6-7-8-9-10-11-12-13-14-15-16-17-18(19)20/h12-17H,2-11H2,1H3/b13-12+,15-14+,17-16+. The number of unbranched alkanes of at least 4 members (excludes halogenated alkanes) is 9. The monoisotopic (exact) mass is 296 g/mol. The maximum Gasteiger partial charge on any atom is 0.245 e. The van der Waals surface area contributed by atoms with Crippen LogP contribution in [0, 0.1) is 0 Å². The molecule has 0 heterocycles. The molecule has 0 aromatic carbocycles. The fraction of sp³-hybridized carbons (Fsp3) is 0.611. The second-order valence-corrected chi connectivity index (χ2v) is 5.47. The van der Waals surface area contributed by atoms with E-state index in [0.29, 0.717) is 0 Å². The van der Waals surface area contributed by atoms with Crippen molar-refractivity contribution in [3.05, 3.63) is 36.5 Å². The molecule has 1 nitrogen and oxygen atoms in total. The van der Waals surface area contributed by atoms with E-state index in [1.807, 2.05) is 18.2 Å². The number of carbonyl (C=O) groups is 1. The van der Waals surface area contributed by atoms with Crippen molar-refractivity contribution >= 4 is 16.8 Å². The number of allylic oxidation sites excluding steroid dienone is 6. The van der Waals surface area contributed by atoms with E-state index in [1.165, 1.54) is 63.9 Å². The molecule has 0 spiro atoms. The Balaban J connectivity index is 3.25. The second-order valence-electron chi connectivity index (χ2n) is 5.09. The molecule has 0 rings (SSSR count). The zero-order chi connectivity index (χ0) is 14.9. The summed E-state index contributed by atoms with van der Waals surface area (Å²) in [5.74, 6) is 0. The predicted octanol–water partition coefficient (Wildman–Crippen LogP) is 6.34. The molecule has 0 N–H and O–H groups in total. The molecule has 0 aromatic rings. The minimum absolute atomic E-state index is 0.437. The maximum absolute atomic E-state index is 10.4. The van der Waals surface area contributed by atoms with Gasteiger partial charge in [0.05, 0.1) is 0 Å². The van der Waals surface area contributed by atoms with Crippen LogP contribution in [0.25, 0.3) is 0 Å². The Morgan fingerprint density at radius 3 is 1.95 bits per heavy atom. The number of carbonyl (C=O) groups excluding carboxylic acids is 1. The molecule has 2 heteroatoms. The first-order valence-electron chi connectivity index (χ1n) is 7.96. The van der Waals surface area contributed by atoms with E-state index in [1.54, 1.807) is 6.08 Å². The summed E-state index contributed by atoms with van der Waals surface area (Å²) in [5.41, 5.74) is 0. The first kappa shape index (κ1) is 19.2. The molecule has 0 bridgehead atoms. The fourth-order valence-corrected chi connectivity index (χ4v) is 2.08. The van der Waals surface area contributed by atoms with Gasteiger partial charge in [0.25, 0.3) is 0 Å². The molecular weight excluding hydrogens is 268 g/mol. The number of rotatable bonds is 13. The van der Waals surface area contributed by atoms with E-state index in [0.717, 1.165) is 6.42 Å². The Morgan fingerprint density at radius 2 is 1.35 bits per heavy atom. The van der Waals surface area contributed by atoms with Gasteiger partial charge in [0.15, 0.2) is 0 Å². The minimum atomic E-state index is -0.437. The van der Waals surface area contributed by atoms with Gasteiger partial charge in [-0.25, -0.2) is 0 Å². The van der Waals surface area contributed by atoms with E-state index in [-0.39, 0.29) is 0 Å². The van der Waals surface area contributed by atoms with Crippen molar-refractivity contribution in [1.29, 1.82) is 0 Å². The Hall–Kier alpha value is -0.820. The summed E-state index contributed by atoms with van der Waals surface area (Å²) in [7, 11) is 0. The van der Waals surface area contributed by atoms with E-state index >= 15 is 0 Å². The van der Waals surface area contributed by atoms with E-state index < -0.39 is 5.24 Å². The molecule has 0 aliphatic rings. The van der Waals surface area contributed by atoms with Crippen molar-refractivity contribution in [3.63, 3.8) is 0 Å². The maximum atomic E-state index is 10.4. The van der Waals surface area contributed by atoms with E-state index in [4.69, 9.17) is 11.6 Å². The fourth-order valence-electron chi connectivity index (χ4n) is 2.01. The SMILES string of the molecule is CCCCCCCCCCC/C=C/C=C/C=C/C(=O)Cl. The summed E-state index contributed by atoms with van der Waals surface area (Å²) >= 11 is 5.16. The van der Waals surface area contributed by atoms with Crippen LogP contribution in [0.4, 0.5) is 0 Å². The van der Waals surface area contributed by atoms with Crippen molar-refractivity contribution in [1.82, 2.24) is 0 Å². The lowest BCUT2D eigenvalue weighted by Crippen LogP contribution is -1.80. The van der Waals surface area contributed by atoms with Crippen LogP contribution in [0.1, 0.15) is 71.1 Å². The zero-order valence-corrected chi connectivity index (χ0v) is 13.6. The highest BCUT2D eigenvalue weighted by Crippen LogP contribution is 2.10. The van der Waals surface area contributed by atoms with Crippen molar-refractivity contribution in [2.45, 2.75) is 71.1 Å². The lowest BCUT2D eigenvalue weighted by atomic mass is 10.1. The molecular formula is C18H29ClO. The predicted molar refractivity (Wildman–Crippen MR) is 90.1 cm³/mol. The molecule has 0 aliphatic heterocycles. The second kappa shape index (κ2) is 16.2. The number of hydrogen-bond acceptors (Lipinski definition) is 1.